The molecule has 0 aliphatic carbocycles. The summed E-state index contributed by atoms with van der Waals surface area (Å²) in [5.74, 6) is 1.05. The van der Waals surface area contributed by atoms with Crippen molar-refractivity contribution >= 4 is 5.91 Å². The fraction of sp³-hybridized carbons (Fsp3) is 0.316. The molecule has 2 aromatic carbocycles. The third kappa shape index (κ3) is 5.26. The van der Waals surface area contributed by atoms with E-state index in [1.165, 1.54) is 12.1 Å². The molecule has 128 valence electrons. The fourth-order valence-corrected chi connectivity index (χ4v) is 2.38. The lowest BCUT2D eigenvalue weighted by Crippen LogP contribution is -2.22. The number of ether oxygens (including phenoxy) is 2. The lowest BCUT2D eigenvalue weighted by Gasteiger charge is -2.10. The Morgan fingerprint density at radius 1 is 1.00 bits per heavy atom. The lowest BCUT2D eigenvalue weighted by atomic mass is 10.1. The first kappa shape index (κ1) is 17.8. The third-order valence-corrected chi connectivity index (χ3v) is 3.72. The zero-order valence-corrected chi connectivity index (χ0v) is 14.0. The van der Waals surface area contributed by atoms with E-state index in [4.69, 9.17) is 9.47 Å². The largest absolute Gasteiger partial charge is 0.493 e. The Labute approximate surface area is 141 Å². The highest BCUT2D eigenvalue weighted by Gasteiger charge is 2.06. The van der Waals surface area contributed by atoms with Crippen LogP contribution in [0, 0.1) is 5.82 Å². The number of amides is 1. The topological polar surface area (TPSA) is 47.6 Å². The summed E-state index contributed by atoms with van der Waals surface area (Å²) in [4.78, 5) is 11.9. The summed E-state index contributed by atoms with van der Waals surface area (Å²) in [6.45, 7) is 0.440. The maximum Gasteiger partial charge on any atom is 0.220 e. The molecule has 0 aliphatic heterocycles. The second-order valence-electron chi connectivity index (χ2n) is 5.45. The van der Waals surface area contributed by atoms with Crippen molar-refractivity contribution in [1.82, 2.24) is 5.32 Å². The van der Waals surface area contributed by atoms with E-state index < -0.39 is 0 Å². The first-order valence-electron chi connectivity index (χ1n) is 7.84. The first-order valence-corrected chi connectivity index (χ1v) is 7.84. The number of carbonyl (C=O) groups is 1. The standard InChI is InChI=1S/C19H22FNO3/c1-23-17-11-8-15(12-18(17)24-2)13-21-19(22)5-3-4-14-6-9-16(20)10-7-14/h6-12H,3-5,13H2,1-2H3,(H,21,22). The molecule has 0 spiro atoms. The third-order valence-electron chi connectivity index (χ3n) is 3.72. The molecule has 0 aliphatic rings. The number of hydrogen-bond acceptors (Lipinski definition) is 3. The molecule has 0 fully saturated rings. The van der Waals surface area contributed by atoms with Crippen molar-refractivity contribution in [3.8, 4) is 11.5 Å². The Bertz CT molecular complexity index is 671. The van der Waals surface area contributed by atoms with Crippen molar-refractivity contribution in [3.05, 3.63) is 59.4 Å². The molecule has 0 saturated heterocycles. The number of rotatable bonds is 8. The van der Waals surface area contributed by atoms with Crippen LogP contribution in [0.25, 0.3) is 0 Å². The number of halogens is 1. The van der Waals surface area contributed by atoms with Crippen LogP contribution in [0.2, 0.25) is 0 Å². The number of methoxy groups -OCH3 is 2. The number of benzene rings is 2. The summed E-state index contributed by atoms with van der Waals surface area (Å²) < 4.78 is 23.2. The molecular weight excluding hydrogens is 309 g/mol. The molecule has 0 bridgehead atoms. The van der Waals surface area contributed by atoms with Crippen molar-refractivity contribution in [2.45, 2.75) is 25.8 Å². The van der Waals surface area contributed by atoms with E-state index in [1.54, 1.807) is 26.4 Å². The normalized spacial score (nSPS) is 10.3. The van der Waals surface area contributed by atoms with Crippen LogP contribution in [0.4, 0.5) is 4.39 Å². The van der Waals surface area contributed by atoms with Crippen LogP contribution in [0.3, 0.4) is 0 Å². The average Bonchev–Trinajstić information content (AvgIpc) is 2.61. The minimum Gasteiger partial charge on any atom is -0.493 e. The first-order chi connectivity index (χ1) is 11.6. The predicted octanol–water partition coefficient (Wildman–Crippen LogP) is 3.48. The molecule has 0 radical (unpaired) electrons. The van der Waals surface area contributed by atoms with Crippen LogP contribution in [0.15, 0.2) is 42.5 Å². The number of carbonyl (C=O) groups excluding carboxylic acids is 1. The van der Waals surface area contributed by atoms with Gasteiger partial charge < -0.3 is 14.8 Å². The SMILES string of the molecule is COc1ccc(CNC(=O)CCCc2ccc(F)cc2)cc1OC. The predicted molar refractivity (Wildman–Crippen MR) is 90.7 cm³/mol. The highest BCUT2D eigenvalue weighted by atomic mass is 19.1. The van der Waals surface area contributed by atoms with Crippen molar-refractivity contribution < 1.29 is 18.7 Å². The van der Waals surface area contributed by atoms with E-state index in [9.17, 15) is 9.18 Å². The van der Waals surface area contributed by atoms with Gasteiger partial charge in [0, 0.05) is 13.0 Å². The van der Waals surface area contributed by atoms with Crippen LogP contribution in [-0.4, -0.2) is 20.1 Å². The van der Waals surface area contributed by atoms with Gasteiger partial charge in [-0.05, 0) is 48.2 Å². The molecular formula is C19H22FNO3. The summed E-state index contributed by atoms with van der Waals surface area (Å²) in [6, 6.07) is 11.9. The Morgan fingerprint density at radius 3 is 2.33 bits per heavy atom. The Morgan fingerprint density at radius 2 is 1.67 bits per heavy atom. The lowest BCUT2D eigenvalue weighted by molar-refractivity contribution is -0.121. The molecule has 4 nitrogen and oxygen atoms in total. The van der Waals surface area contributed by atoms with E-state index in [1.807, 2.05) is 18.2 Å². The molecule has 2 aromatic rings. The fourth-order valence-electron chi connectivity index (χ4n) is 2.38. The molecule has 5 heteroatoms. The second-order valence-corrected chi connectivity index (χ2v) is 5.45. The molecule has 24 heavy (non-hydrogen) atoms. The van der Waals surface area contributed by atoms with Crippen molar-refractivity contribution in [2.75, 3.05) is 14.2 Å². The van der Waals surface area contributed by atoms with Gasteiger partial charge in [-0.3, -0.25) is 4.79 Å². The minimum absolute atomic E-state index is 0.00750. The van der Waals surface area contributed by atoms with Crippen LogP contribution in [-0.2, 0) is 17.8 Å². The second kappa shape index (κ2) is 8.91. The van der Waals surface area contributed by atoms with Gasteiger partial charge in [-0.2, -0.15) is 0 Å². The highest BCUT2D eigenvalue weighted by molar-refractivity contribution is 5.75. The molecule has 1 amide bonds. The van der Waals surface area contributed by atoms with Gasteiger partial charge in [0.1, 0.15) is 5.82 Å². The Balaban J connectivity index is 1.75. The van der Waals surface area contributed by atoms with E-state index in [2.05, 4.69) is 5.32 Å². The van der Waals surface area contributed by atoms with Crippen molar-refractivity contribution in [3.63, 3.8) is 0 Å². The maximum absolute atomic E-state index is 12.8. The van der Waals surface area contributed by atoms with Crippen molar-refractivity contribution in [1.29, 1.82) is 0 Å². The Kier molecular flexibility index (Phi) is 6.61. The molecule has 0 atom stereocenters. The molecule has 2 rings (SSSR count). The molecule has 0 heterocycles. The van der Waals surface area contributed by atoms with Gasteiger partial charge in [-0.1, -0.05) is 18.2 Å². The molecule has 0 aromatic heterocycles. The van der Waals surface area contributed by atoms with Crippen LogP contribution >= 0.6 is 0 Å². The van der Waals surface area contributed by atoms with E-state index in [0.29, 0.717) is 24.5 Å². The summed E-state index contributed by atoms with van der Waals surface area (Å²) in [5, 5.41) is 2.89. The molecule has 0 saturated carbocycles. The quantitative estimate of drug-likeness (QED) is 0.805. The zero-order valence-electron chi connectivity index (χ0n) is 14.0. The Hall–Kier alpha value is -2.56. The summed E-state index contributed by atoms with van der Waals surface area (Å²) in [5.41, 5.74) is 1.98. The minimum atomic E-state index is -0.244. The van der Waals surface area contributed by atoms with Crippen LogP contribution in [0.5, 0.6) is 11.5 Å². The van der Waals surface area contributed by atoms with Gasteiger partial charge in [0.25, 0.3) is 0 Å². The monoisotopic (exact) mass is 331 g/mol. The maximum atomic E-state index is 12.8. The summed E-state index contributed by atoms with van der Waals surface area (Å²) >= 11 is 0. The zero-order chi connectivity index (χ0) is 17.4. The van der Waals surface area contributed by atoms with Crippen LogP contribution < -0.4 is 14.8 Å². The van der Waals surface area contributed by atoms with E-state index in [-0.39, 0.29) is 11.7 Å². The highest BCUT2D eigenvalue weighted by Crippen LogP contribution is 2.27. The van der Waals surface area contributed by atoms with Gasteiger partial charge in [0.05, 0.1) is 14.2 Å². The van der Waals surface area contributed by atoms with Gasteiger partial charge in [0.15, 0.2) is 11.5 Å². The summed E-state index contributed by atoms with van der Waals surface area (Å²) in [6.07, 6.45) is 1.91. The van der Waals surface area contributed by atoms with Gasteiger partial charge in [0.2, 0.25) is 5.91 Å². The van der Waals surface area contributed by atoms with Gasteiger partial charge in [-0.15, -0.1) is 0 Å². The van der Waals surface area contributed by atoms with Crippen molar-refractivity contribution in [2.24, 2.45) is 0 Å². The molecule has 1 N–H and O–H groups in total. The van der Waals surface area contributed by atoms with E-state index in [0.717, 1.165) is 24.0 Å². The smallest absolute Gasteiger partial charge is 0.220 e. The number of nitrogens with one attached hydrogen (secondary N) is 1. The summed E-state index contributed by atoms with van der Waals surface area (Å²) in [7, 11) is 3.16. The molecule has 0 unspecified atom stereocenters. The van der Waals surface area contributed by atoms with Crippen LogP contribution in [0.1, 0.15) is 24.0 Å². The van der Waals surface area contributed by atoms with Gasteiger partial charge in [-0.25, -0.2) is 4.39 Å². The number of hydrogen-bond donors (Lipinski definition) is 1. The number of aryl methyl sites for hydroxylation is 1. The van der Waals surface area contributed by atoms with E-state index >= 15 is 0 Å². The van der Waals surface area contributed by atoms with Gasteiger partial charge >= 0.3 is 0 Å². The average molecular weight is 331 g/mol.